The highest BCUT2D eigenvalue weighted by Gasteiger charge is 2.12. The van der Waals surface area contributed by atoms with Crippen molar-refractivity contribution in [2.45, 2.75) is 34.2 Å². The van der Waals surface area contributed by atoms with E-state index in [0.717, 1.165) is 11.1 Å². The first-order valence-electron chi connectivity index (χ1n) is 6.25. The minimum Gasteiger partial charge on any atom is -0.334 e. The number of carbonyl (C=O) groups excluding carboxylic acids is 1. The summed E-state index contributed by atoms with van der Waals surface area (Å²) in [6.07, 6.45) is 1.71. The van der Waals surface area contributed by atoms with Crippen molar-refractivity contribution >= 4 is 6.03 Å². The lowest BCUT2D eigenvalue weighted by atomic mass is 9.88. The van der Waals surface area contributed by atoms with Crippen LogP contribution in [0.3, 0.4) is 0 Å². The number of amides is 2. The Morgan fingerprint density at radius 3 is 2.37 bits per heavy atom. The van der Waals surface area contributed by atoms with E-state index in [0.29, 0.717) is 6.54 Å². The van der Waals surface area contributed by atoms with E-state index in [-0.39, 0.29) is 17.3 Å². The monoisotopic (exact) mass is 264 g/mol. The van der Waals surface area contributed by atoms with Crippen molar-refractivity contribution in [3.05, 3.63) is 47.4 Å². The van der Waals surface area contributed by atoms with Gasteiger partial charge in [-0.3, -0.25) is 0 Å². The Morgan fingerprint density at radius 1 is 1.26 bits per heavy atom. The number of hydrogen-bond acceptors (Lipinski definition) is 1. The summed E-state index contributed by atoms with van der Waals surface area (Å²) in [5, 5.41) is 5.39. The summed E-state index contributed by atoms with van der Waals surface area (Å²) in [6, 6.07) is 5.77. The molecule has 0 aliphatic rings. The Labute approximate surface area is 113 Å². The van der Waals surface area contributed by atoms with Crippen LogP contribution in [0.25, 0.3) is 0 Å². The van der Waals surface area contributed by atoms with Gasteiger partial charge in [-0.1, -0.05) is 38.5 Å². The van der Waals surface area contributed by atoms with Gasteiger partial charge in [-0.05, 0) is 30.0 Å². The first-order chi connectivity index (χ1) is 8.79. The van der Waals surface area contributed by atoms with Crippen molar-refractivity contribution in [1.29, 1.82) is 0 Å². The minimum atomic E-state index is -0.281. The molecule has 104 valence electrons. The highest BCUT2D eigenvalue weighted by molar-refractivity contribution is 5.74. The van der Waals surface area contributed by atoms with E-state index < -0.39 is 0 Å². The molecule has 19 heavy (non-hydrogen) atoms. The molecule has 0 aliphatic heterocycles. The lowest BCUT2D eigenvalue weighted by Gasteiger charge is -2.19. The fraction of sp³-hybridized carbons (Fsp3) is 0.400. The molecule has 2 N–H and O–H groups in total. The summed E-state index contributed by atoms with van der Waals surface area (Å²) in [7, 11) is 0. The summed E-state index contributed by atoms with van der Waals surface area (Å²) in [6.45, 7) is 8.58. The maximum absolute atomic E-state index is 12.7. The van der Waals surface area contributed by atoms with E-state index in [1.54, 1.807) is 18.3 Å². The second kappa shape index (κ2) is 6.36. The summed E-state index contributed by atoms with van der Waals surface area (Å²) in [5.74, 6) is -0.281. The molecule has 0 radical (unpaired) electrons. The van der Waals surface area contributed by atoms with Crippen LogP contribution in [-0.4, -0.2) is 6.03 Å². The summed E-state index contributed by atoms with van der Waals surface area (Å²) in [5.41, 5.74) is 1.97. The third-order valence-electron chi connectivity index (χ3n) is 2.97. The predicted octanol–water partition coefficient (Wildman–Crippen LogP) is 3.57. The standard InChI is InChI=1S/C15H21FN2O/c1-11(15(2,3)4)9-17-14(19)18-10-12-5-7-13(16)8-6-12/h5-9H,10H2,1-4H3,(H2,17,18,19)/b11-9+. The molecule has 0 fully saturated rings. The SMILES string of the molecule is C/C(=C\NC(=O)NCc1ccc(F)cc1)C(C)(C)C. The predicted molar refractivity (Wildman–Crippen MR) is 75.0 cm³/mol. The molecule has 0 heterocycles. The average molecular weight is 264 g/mol. The van der Waals surface area contributed by atoms with Gasteiger partial charge in [0.1, 0.15) is 5.82 Å². The number of benzene rings is 1. The van der Waals surface area contributed by atoms with Crippen LogP contribution in [-0.2, 0) is 6.54 Å². The molecule has 3 nitrogen and oxygen atoms in total. The van der Waals surface area contributed by atoms with Gasteiger partial charge in [0, 0.05) is 12.7 Å². The van der Waals surface area contributed by atoms with Gasteiger partial charge in [-0.25, -0.2) is 9.18 Å². The van der Waals surface area contributed by atoms with Crippen molar-refractivity contribution in [1.82, 2.24) is 10.6 Å². The van der Waals surface area contributed by atoms with Crippen LogP contribution in [0.15, 0.2) is 36.0 Å². The fourth-order valence-corrected chi connectivity index (χ4v) is 1.23. The molecule has 4 heteroatoms. The normalized spacial score (nSPS) is 12.2. The number of carbonyl (C=O) groups is 1. The maximum Gasteiger partial charge on any atom is 0.319 e. The number of hydrogen-bond donors (Lipinski definition) is 2. The molecule has 0 saturated carbocycles. The molecular weight excluding hydrogens is 243 g/mol. The Morgan fingerprint density at radius 2 is 1.84 bits per heavy atom. The summed E-state index contributed by atoms with van der Waals surface area (Å²) >= 11 is 0. The van der Waals surface area contributed by atoms with Gasteiger partial charge in [0.15, 0.2) is 0 Å². The molecule has 2 amide bonds. The van der Waals surface area contributed by atoms with Gasteiger partial charge >= 0.3 is 6.03 Å². The zero-order valence-electron chi connectivity index (χ0n) is 11.9. The molecule has 0 spiro atoms. The van der Waals surface area contributed by atoms with Crippen molar-refractivity contribution in [3.63, 3.8) is 0 Å². The third-order valence-corrected chi connectivity index (χ3v) is 2.97. The van der Waals surface area contributed by atoms with Crippen LogP contribution < -0.4 is 10.6 Å². The molecule has 1 rings (SSSR count). The molecule has 0 aromatic heterocycles. The second-order valence-electron chi connectivity index (χ2n) is 5.53. The molecule has 0 bridgehead atoms. The minimum absolute atomic E-state index is 0.0320. The van der Waals surface area contributed by atoms with E-state index in [1.807, 2.05) is 6.92 Å². The van der Waals surface area contributed by atoms with Crippen molar-refractivity contribution in [3.8, 4) is 0 Å². The van der Waals surface area contributed by atoms with Gasteiger partial charge in [0.2, 0.25) is 0 Å². The molecule has 0 saturated heterocycles. The summed E-state index contributed by atoms with van der Waals surface area (Å²) < 4.78 is 12.7. The van der Waals surface area contributed by atoms with Gasteiger partial charge < -0.3 is 10.6 Å². The zero-order chi connectivity index (χ0) is 14.5. The van der Waals surface area contributed by atoms with Crippen LogP contribution in [0.2, 0.25) is 0 Å². The smallest absolute Gasteiger partial charge is 0.319 e. The number of allylic oxidation sites excluding steroid dienone is 1. The van der Waals surface area contributed by atoms with Gasteiger partial charge in [0.05, 0.1) is 0 Å². The maximum atomic E-state index is 12.7. The van der Waals surface area contributed by atoms with Crippen LogP contribution >= 0.6 is 0 Å². The lowest BCUT2D eigenvalue weighted by Crippen LogP contribution is -2.32. The highest BCUT2D eigenvalue weighted by atomic mass is 19.1. The largest absolute Gasteiger partial charge is 0.334 e. The third kappa shape index (κ3) is 5.55. The van der Waals surface area contributed by atoms with Gasteiger partial charge in [-0.15, -0.1) is 0 Å². The van der Waals surface area contributed by atoms with Crippen molar-refractivity contribution < 1.29 is 9.18 Å². The van der Waals surface area contributed by atoms with Crippen LogP contribution in [0.5, 0.6) is 0 Å². The van der Waals surface area contributed by atoms with Crippen molar-refractivity contribution in [2.24, 2.45) is 5.41 Å². The Balaban J connectivity index is 2.42. The highest BCUT2D eigenvalue weighted by Crippen LogP contribution is 2.23. The molecule has 0 aliphatic carbocycles. The average Bonchev–Trinajstić information content (AvgIpc) is 2.34. The number of rotatable bonds is 3. The number of nitrogens with one attached hydrogen (secondary N) is 2. The molecule has 1 aromatic rings. The Hall–Kier alpha value is -1.84. The van der Waals surface area contributed by atoms with E-state index in [4.69, 9.17) is 0 Å². The molecule has 1 aromatic carbocycles. The summed E-state index contributed by atoms with van der Waals surface area (Å²) in [4.78, 5) is 11.6. The quantitative estimate of drug-likeness (QED) is 0.861. The zero-order valence-corrected chi connectivity index (χ0v) is 11.9. The number of halogens is 1. The van der Waals surface area contributed by atoms with E-state index in [1.165, 1.54) is 12.1 Å². The van der Waals surface area contributed by atoms with E-state index >= 15 is 0 Å². The molecule has 0 atom stereocenters. The van der Waals surface area contributed by atoms with Crippen LogP contribution in [0, 0.1) is 11.2 Å². The Kier molecular flexibility index (Phi) is 5.10. The second-order valence-corrected chi connectivity index (χ2v) is 5.53. The first kappa shape index (κ1) is 15.2. The Bertz CT molecular complexity index is 458. The lowest BCUT2D eigenvalue weighted by molar-refractivity contribution is 0.243. The van der Waals surface area contributed by atoms with Gasteiger partial charge in [-0.2, -0.15) is 0 Å². The van der Waals surface area contributed by atoms with Gasteiger partial charge in [0.25, 0.3) is 0 Å². The van der Waals surface area contributed by atoms with E-state index in [2.05, 4.69) is 31.4 Å². The fourth-order valence-electron chi connectivity index (χ4n) is 1.23. The van der Waals surface area contributed by atoms with Crippen molar-refractivity contribution in [2.75, 3.05) is 0 Å². The number of urea groups is 1. The van der Waals surface area contributed by atoms with E-state index in [9.17, 15) is 9.18 Å². The molecule has 0 unspecified atom stereocenters. The first-order valence-corrected chi connectivity index (χ1v) is 6.25. The van der Waals surface area contributed by atoms with Crippen LogP contribution in [0.4, 0.5) is 9.18 Å². The molecular formula is C15H21FN2O. The topological polar surface area (TPSA) is 41.1 Å². The van der Waals surface area contributed by atoms with Crippen LogP contribution in [0.1, 0.15) is 33.3 Å².